The molecule has 118 valence electrons. The van der Waals surface area contributed by atoms with Crippen molar-refractivity contribution < 1.29 is 0 Å². The molecular weight excluding hydrogens is 282 g/mol. The molecule has 0 radical (unpaired) electrons. The van der Waals surface area contributed by atoms with Gasteiger partial charge in [-0.2, -0.15) is 5.10 Å². The Balaban J connectivity index is 2.41. The molecule has 2 aromatic carbocycles. The minimum Gasteiger partial charge on any atom is -0.237 e. The molecule has 1 aromatic heterocycles. The van der Waals surface area contributed by atoms with Gasteiger partial charge in [0.05, 0.1) is 0 Å². The molecule has 0 aliphatic rings. The Labute approximate surface area is 138 Å². The maximum Gasteiger partial charge on any atom is 0.137 e. The van der Waals surface area contributed by atoms with E-state index >= 15 is 0 Å². The Morgan fingerprint density at radius 3 is 2.13 bits per heavy atom. The predicted molar refractivity (Wildman–Crippen MR) is 93.3 cm³/mol. The van der Waals surface area contributed by atoms with Crippen LogP contribution in [0.5, 0.6) is 0 Å². The highest BCUT2D eigenvalue weighted by molar-refractivity contribution is 5.43. The first-order valence-electron chi connectivity index (χ1n) is 7.94. The molecule has 3 nitrogen and oxygen atoms in total. The predicted octanol–water partition coefficient (Wildman–Crippen LogP) is 4.42. The SMILES string of the molecule is Cc1cccc(C(c2ccccc2)(n2cncn2)C(C)(C)C)c1. The molecule has 0 aliphatic carbocycles. The van der Waals surface area contributed by atoms with Crippen molar-refractivity contribution in [3.05, 3.63) is 83.9 Å². The molecule has 0 amide bonds. The van der Waals surface area contributed by atoms with Gasteiger partial charge in [-0.05, 0) is 23.5 Å². The van der Waals surface area contributed by atoms with Crippen molar-refractivity contribution in [1.29, 1.82) is 0 Å². The molecule has 0 saturated carbocycles. The minimum atomic E-state index is -0.420. The molecule has 1 heterocycles. The summed E-state index contributed by atoms with van der Waals surface area (Å²) in [7, 11) is 0. The lowest BCUT2D eigenvalue weighted by Crippen LogP contribution is -2.48. The van der Waals surface area contributed by atoms with E-state index in [1.165, 1.54) is 16.7 Å². The Morgan fingerprint density at radius 1 is 0.870 bits per heavy atom. The normalized spacial score (nSPS) is 14.4. The highest BCUT2D eigenvalue weighted by Crippen LogP contribution is 2.47. The standard InChI is InChI=1S/C20H23N3/c1-16-9-8-12-18(13-16)20(19(2,3)4,23-15-21-14-22-23)17-10-6-5-7-11-17/h5-15H,1-4H3. The van der Waals surface area contributed by atoms with E-state index in [1.807, 2.05) is 11.0 Å². The lowest BCUT2D eigenvalue weighted by Gasteiger charge is -2.45. The lowest BCUT2D eigenvalue weighted by molar-refractivity contribution is 0.171. The first-order chi connectivity index (χ1) is 11.0. The summed E-state index contributed by atoms with van der Waals surface area (Å²) >= 11 is 0. The van der Waals surface area contributed by atoms with Gasteiger partial charge in [-0.25, -0.2) is 9.67 Å². The summed E-state index contributed by atoms with van der Waals surface area (Å²) in [4.78, 5) is 4.23. The third kappa shape index (κ3) is 2.46. The van der Waals surface area contributed by atoms with Gasteiger partial charge in [-0.1, -0.05) is 80.9 Å². The van der Waals surface area contributed by atoms with E-state index in [2.05, 4.69) is 92.4 Å². The molecule has 0 N–H and O–H groups in total. The zero-order valence-electron chi connectivity index (χ0n) is 14.2. The quantitative estimate of drug-likeness (QED) is 0.717. The first kappa shape index (κ1) is 15.5. The Morgan fingerprint density at radius 2 is 1.57 bits per heavy atom. The summed E-state index contributed by atoms with van der Waals surface area (Å²) in [6, 6.07) is 19.3. The molecule has 0 spiro atoms. The van der Waals surface area contributed by atoms with Crippen molar-refractivity contribution in [2.45, 2.75) is 33.2 Å². The molecule has 1 atom stereocenters. The van der Waals surface area contributed by atoms with Gasteiger partial charge in [-0.3, -0.25) is 0 Å². The van der Waals surface area contributed by atoms with Crippen molar-refractivity contribution in [2.75, 3.05) is 0 Å². The second kappa shape index (κ2) is 5.65. The first-order valence-corrected chi connectivity index (χ1v) is 7.94. The average molecular weight is 305 g/mol. The summed E-state index contributed by atoms with van der Waals surface area (Å²) in [5.41, 5.74) is 3.16. The topological polar surface area (TPSA) is 30.7 Å². The molecular formula is C20H23N3. The monoisotopic (exact) mass is 305 g/mol. The third-order valence-electron chi connectivity index (χ3n) is 4.48. The summed E-state index contributed by atoms with van der Waals surface area (Å²) in [5.74, 6) is 0. The lowest BCUT2D eigenvalue weighted by atomic mass is 9.65. The maximum absolute atomic E-state index is 4.54. The van der Waals surface area contributed by atoms with E-state index in [4.69, 9.17) is 0 Å². The van der Waals surface area contributed by atoms with Crippen molar-refractivity contribution in [1.82, 2.24) is 14.8 Å². The van der Waals surface area contributed by atoms with E-state index in [-0.39, 0.29) is 5.41 Å². The van der Waals surface area contributed by atoms with Crippen molar-refractivity contribution >= 4 is 0 Å². The van der Waals surface area contributed by atoms with E-state index < -0.39 is 5.54 Å². The number of aromatic nitrogens is 3. The molecule has 0 aliphatic heterocycles. The van der Waals surface area contributed by atoms with Crippen molar-refractivity contribution in [3.8, 4) is 0 Å². The van der Waals surface area contributed by atoms with E-state index in [0.29, 0.717) is 0 Å². The number of hydrogen-bond acceptors (Lipinski definition) is 2. The second-order valence-corrected chi connectivity index (χ2v) is 7.04. The van der Waals surface area contributed by atoms with E-state index in [1.54, 1.807) is 6.33 Å². The molecule has 3 heteroatoms. The van der Waals surface area contributed by atoms with Crippen LogP contribution in [0.4, 0.5) is 0 Å². The fourth-order valence-electron chi connectivity index (χ4n) is 3.57. The Hall–Kier alpha value is -2.42. The fourth-order valence-corrected chi connectivity index (χ4v) is 3.57. The molecule has 23 heavy (non-hydrogen) atoms. The number of benzene rings is 2. The summed E-state index contributed by atoms with van der Waals surface area (Å²) in [6.07, 6.45) is 3.43. The largest absolute Gasteiger partial charge is 0.237 e. The highest BCUT2D eigenvalue weighted by Gasteiger charge is 2.47. The summed E-state index contributed by atoms with van der Waals surface area (Å²) < 4.78 is 2.00. The van der Waals surface area contributed by atoms with Crippen LogP contribution in [0, 0.1) is 12.3 Å². The van der Waals surface area contributed by atoms with Crippen LogP contribution in [0.15, 0.2) is 67.3 Å². The number of aryl methyl sites for hydroxylation is 1. The van der Waals surface area contributed by atoms with Gasteiger partial charge in [0.25, 0.3) is 0 Å². The van der Waals surface area contributed by atoms with Crippen LogP contribution >= 0.6 is 0 Å². The van der Waals surface area contributed by atoms with Crippen molar-refractivity contribution in [3.63, 3.8) is 0 Å². The van der Waals surface area contributed by atoms with Gasteiger partial charge in [0.15, 0.2) is 0 Å². The molecule has 1 unspecified atom stereocenters. The number of hydrogen-bond donors (Lipinski definition) is 0. The fraction of sp³-hybridized carbons (Fsp3) is 0.300. The van der Waals surface area contributed by atoms with Gasteiger partial charge in [0.2, 0.25) is 0 Å². The molecule has 0 fully saturated rings. The van der Waals surface area contributed by atoms with Crippen LogP contribution in [0.1, 0.15) is 37.5 Å². The Bertz CT molecular complexity index is 770. The molecule has 0 bridgehead atoms. The average Bonchev–Trinajstić information content (AvgIpc) is 3.02. The van der Waals surface area contributed by atoms with Crippen LogP contribution in [-0.2, 0) is 5.54 Å². The summed E-state index contributed by atoms with van der Waals surface area (Å²) in [5, 5.41) is 4.54. The van der Waals surface area contributed by atoms with Gasteiger partial charge in [0, 0.05) is 0 Å². The zero-order valence-corrected chi connectivity index (χ0v) is 14.2. The van der Waals surface area contributed by atoms with Gasteiger partial charge >= 0.3 is 0 Å². The zero-order chi connectivity index (χ0) is 16.5. The summed E-state index contributed by atoms with van der Waals surface area (Å²) in [6.45, 7) is 8.89. The Kier molecular flexibility index (Phi) is 3.80. The van der Waals surface area contributed by atoms with Gasteiger partial charge < -0.3 is 0 Å². The van der Waals surface area contributed by atoms with Gasteiger partial charge in [0.1, 0.15) is 18.2 Å². The smallest absolute Gasteiger partial charge is 0.137 e. The van der Waals surface area contributed by atoms with E-state index in [9.17, 15) is 0 Å². The second-order valence-electron chi connectivity index (χ2n) is 7.04. The molecule has 0 saturated heterocycles. The van der Waals surface area contributed by atoms with Crippen LogP contribution in [0.3, 0.4) is 0 Å². The third-order valence-corrected chi connectivity index (χ3v) is 4.48. The number of nitrogens with zero attached hydrogens (tertiary/aromatic N) is 3. The van der Waals surface area contributed by atoms with Crippen LogP contribution in [0.2, 0.25) is 0 Å². The molecule has 3 aromatic rings. The number of rotatable bonds is 3. The van der Waals surface area contributed by atoms with E-state index in [0.717, 1.165) is 0 Å². The van der Waals surface area contributed by atoms with Gasteiger partial charge in [-0.15, -0.1) is 0 Å². The highest BCUT2D eigenvalue weighted by atomic mass is 15.4. The minimum absolute atomic E-state index is 0.101. The van der Waals surface area contributed by atoms with Crippen LogP contribution in [-0.4, -0.2) is 14.8 Å². The maximum atomic E-state index is 4.54. The van der Waals surface area contributed by atoms with Crippen LogP contribution < -0.4 is 0 Å². The van der Waals surface area contributed by atoms with Crippen LogP contribution in [0.25, 0.3) is 0 Å². The van der Waals surface area contributed by atoms with Crippen molar-refractivity contribution in [2.24, 2.45) is 5.41 Å². The molecule has 3 rings (SSSR count).